The molecule has 0 spiro atoms. The molecule has 2 aromatic carbocycles. The molecule has 1 saturated heterocycles. The SMILES string of the molecule is COC(=O)c1ccc(-n2c(C)cc([C@H]3[C@H](c4ccccn4)NC(=S)N3c3ccc(OC)cc3)c2C)cc1. The molecule has 4 aromatic rings. The summed E-state index contributed by atoms with van der Waals surface area (Å²) in [4.78, 5) is 18.7. The van der Waals surface area contributed by atoms with Gasteiger partial charge in [-0.25, -0.2) is 4.79 Å². The first-order valence-corrected chi connectivity index (χ1v) is 12.4. The van der Waals surface area contributed by atoms with Crippen molar-refractivity contribution in [3.05, 3.63) is 107 Å². The number of aromatic nitrogens is 2. The van der Waals surface area contributed by atoms with E-state index in [1.54, 1.807) is 25.4 Å². The fourth-order valence-corrected chi connectivity index (χ4v) is 5.39. The van der Waals surface area contributed by atoms with Crippen LogP contribution in [0.2, 0.25) is 0 Å². The highest BCUT2D eigenvalue weighted by atomic mass is 32.1. The first-order valence-electron chi connectivity index (χ1n) is 11.9. The molecule has 1 aliphatic rings. The van der Waals surface area contributed by atoms with Crippen molar-refractivity contribution in [3.63, 3.8) is 0 Å². The lowest BCUT2D eigenvalue weighted by molar-refractivity contribution is 0.0600. The zero-order valence-electron chi connectivity index (χ0n) is 21.1. The first kappa shape index (κ1) is 24.5. The number of pyridine rings is 1. The number of ether oxygens (including phenoxy) is 2. The minimum Gasteiger partial charge on any atom is -0.497 e. The number of methoxy groups -OCH3 is 2. The van der Waals surface area contributed by atoms with Crippen LogP contribution in [0.5, 0.6) is 5.75 Å². The summed E-state index contributed by atoms with van der Waals surface area (Å²) in [5, 5.41) is 4.16. The van der Waals surface area contributed by atoms with E-state index in [1.165, 1.54) is 7.11 Å². The molecule has 2 atom stereocenters. The minimum absolute atomic E-state index is 0.134. The fourth-order valence-electron chi connectivity index (χ4n) is 5.04. The van der Waals surface area contributed by atoms with Gasteiger partial charge in [0.2, 0.25) is 0 Å². The summed E-state index contributed by atoms with van der Waals surface area (Å²) < 4.78 is 12.4. The van der Waals surface area contributed by atoms with Gasteiger partial charge in [0.25, 0.3) is 0 Å². The van der Waals surface area contributed by atoms with Gasteiger partial charge in [-0.1, -0.05) is 6.07 Å². The highest BCUT2D eigenvalue weighted by Gasteiger charge is 2.42. The lowest BCUT2D eigenvalue weighted by Crippen LogP contribution is -2.29. The molecule has 37 heavy (non-hydrogen) atoms. The Kier molecular flexibility index (Phi) is 6.67. The zero-order chi connectivity index (χ0) is 26.1. The molecular formula is C29H28N4O3S. The number of rotatable bonds is 6. The van der Waals surface area contributed by atoms with Gasteiger partial charge in [-0.2, -0.15) is 0 Å². The first-order chi connectivity index (χ1) is 17.9. The molecule has 188 valence electrons. The summed E-state index contributed by atoms with van der Waals surface area (Å²) >= 11 is 5.87. The molecule has 0 radical (unpaired) electrons. The van der Waals surface area contributed by atoms with Crippen LogP contribution in [-0.4, -0.2) is 34.9 Å². The van der Waals surface area contributed by atoms with Crippen LogP contribution < -0.4 is 15.0 Å². The summed E-state index contributed by atoms with van der Waals surface area (Å²) in [7, 11) is 3.04. The van der Waals surface area contributed by atoms with E-state index in [0.29, 0.717) is 10.7 Å². The molecule has 0 amide bonds. The van der Waals surface area contributed by atoms with E-state index in [-0.39, 0.29) is 18.1 Å². The Morgan fingerprint density at radius 2 is 1.68 bits per heavy atom. The number of esters is 1. The summed E-state index contributed by atoms with van der Waals surface area (Å²) in [6, 6.07) is 23.2. The summed E-state index contributed by atoms with van der Waals surface area (Å²) in [6.07, 6.45) is 1.80. The van der Waals surface area contributed by atoms with Gasteiger partial charge in [0, 0.05) is 29.0 Å². The average molecular weight is 513 g/mol. The Balaban J connectivity index is 1.62. The third kappa shape index (κ3) is 4.44. The second-order valence-electron chi connectivity index (χ2n) is 8.89. The normalized spacial score (nSPS) is 17.0. The van der Waals surface area contributed by atoms with E-state index >= 15 is 0 Å². The molecule has 0 saturated carbocycles. The second-order valence-corrected chi connectivity index (χ2v) is 9.28. The number of carbonyl (C=O) groups is 1. The highest BCUT2D eigenvalue weighted by Crippen LogP contribution is 2.44. The second kappa shape index (κ2) is 10.1. The van der Waals surface area contributed by atoms with E-state index in [0.717, 1.165) is 39.8 Å². The molecule has 0 aliphatic carbocycles. The summed E-state index contributed by atoms with van der Waals surface area (Å²) in [5.74, 6) is 0.431. The lowest BCUT2D eigenvalue weighted by atomic mass is 9.96. The van der Waals surface area contributed by atoms with Gasteiger partial charge in [-0.05, 0) is 98.4 Å². The molecule has 1 aliphatic heterocycles. The number of carbonyl (C=O) groups excluding carboxylic acids is 1. The quantitative estimate of drug-likeness (QED) is 0.272. The molecule has 8 heteroatoms. The van der Waals surface area contributed by atoms with Crippen molar-refractivity contribution in [1.29, 1.82) is 0 Å². The zero-order valence-corrected chi connectivity index (χ0v) is 22.0. The van der Waals surface area contributed by atoms with Crippen molar-refractivity contribution in [3.8, 4) is 11.4 Å². The number of aryl methyl sites for hydroxylation is 1. The predicted octanol–water partition coefficient (Wildman–Crippen LogP) is 5.46. The molecule has 0 unspecified atom stereocenters. The van der Waals surface area contributed by atoms with Crippen LogP contribution in [0.15, 0.2) is 79.0 Å². The van der Waals surface area contributed by atoms with Gasteiger partial charge in [0.1, 0.15) is 5.75 Å². The van der Waals surface area contributed by atoms with Crippen molar-refractivity contribution in [2.75, 3.05) is 19.1 Å². The Hall–Kier alpha value is -4.17. The lowest BCUT2D eigenvalue weighted by Gasteiger charge is -2.28. The summed E-state index contributed by atoms with van der Waals surface area (Å²) in [6.45, 7) is 4.19. The van der Waals surface area contributed by atoms with Crippen LogP contribution in [0.3, 0.4) is 0 Å². The van der Waals surface area contributed by atoms with Crippen LogP contribution in [0.4, 0.5) is 5.69 Å². The van der Waals surface area contributed by atoms with Crippen LogP contribution >= 0.6 is 12.2 Å². The smallest absolute Gasteiger partial charge is 0.337 e. The number of nitrogens with one attached hydrogen (secondary N) is 1. The Morgan fingerprint density at radius 3 is 2.30 bits per heavy atom. The number of thiocarbonyl (C=S) groups is 1. The average Bonchev–Trinajstić information content (AvgIpc) is 3.43. The molecule has 1 fully saturated rings. The van der Waals surface area contributed by atoms with Gasteiger partial charge in [0.15, 0.2) is 5.11 Å². The van der Waals surface area contributed by atoms with Crippen LogP contribution in [-0.2, 0) is 4.74 Å². The van der Waals surface area contributed by atoms with Crippen LogP contribution in [0.25, 0.3) is 5.69 Å². The van der Waals surface area contributed by atoms with Gasteiger partial charge in [-0.3, -0.25) is 4.98 Å². The fraction of sp³-hybridized carbons (Fsp3) is 0.207. The van der Waals surface area contributed by atoms with Crippen LogP contribution in [0, 0.1) is 13.8 Å². The van der Waals surface area contributed by atoms with Crippen molar-refractivity contribution < 1.29 is 14.3 Å². The number of anilines is 1. The van der Waals surface area contributed by atoms with E-state index in [1.807, 2.05) is 54.6 Å². The molecule has 3 heterocycles. The third-order valence-corrected chi connectivity index (χ3v) is 7.10. The van der Waals surface area contributed by atoms with Crippen molar-refractivity contribution in [1.82, 2.24) is 14.9 Å². The third-order valence-electron chi connectivity index (χ3n) is 6.78. The van der Waals surface area contributed by atoms with Crippen LogP contribution in [0.1, 0.15) is 45.1 Å². The Bertz CT molecular complexity index is 1430. The van der Waals surface area contributed by atoms with E-state index < -0.39 is 0 Å². The molecular weight excluding hydrogens is 484 g/mol. The maximum Gasteiger partial charge on any atom is 0.337 e. The van der Waals surface area contributed by atoms with E-state index in [2.05, 4.69) is 39.7 Å². The van der Waals surface area contributed by atoms with Gasteiger partial charge >= 0.3 is 5.97 Å². The molecule has 1 N–H and O–H groups in total. The topological polar surface area (TPSA) is 68.6 Å². The molecule has 0 bridgehead atoms. The predicted molar refractivity (Wildman–Crippen MR) is 148 cm³/mol. The Morgan fingerprint density at radius 1 is 0.973 bits per heavy atom. The summed E-state index contributed by atoms with van der Waals surface area (Å²) in [5.41, 5.74) is 6.65. The Labute approximate surface area is 221 Å². The molecule has 5 rings (SSSR count). The van der Waals surface area contributed by atoms with E-state index in [4.69, 9.17) is 21.7 Å². The number of hydrogen-bond acceptors (Lipinski definition) is 5. The standard InChI is InChI=1S/C29H28N4O3S/c1-18-17-24(19(2)32(18)21-10-8-20(9-11-21)28(34)36-4)27-26(25-7-5-6-16-30-25)31-29(37)33(27)22-12-14-23(35-3)15-13-22/h5-17,26-27H,1-4H3,(H,31,37)/t26-,27-/m0/s1. The van der Waals surface area contributed by atoms with Crippen molar-refractivity contribution >= 4 is 29.0 Å². The number of hydrogen-bond donors (Lipinski definition) is 1. The van der Waals surface area contributed by atoms with Gasteiger partial charge in [-0.15, -0.1) is 0 Å². The van der Waals surface area contributed by atoms with Gasteiger partial charge in [0.05, 0.1) is 37.6 Å². The van der Waals surface area contributed by atoms with Gasteiger partial charge < -0.3 is 24.3 Å². The van der Waals surface area contributed by atoms with Crippen molar-refractivity contribution in [2.24, 2.45) is 0 Å². The maximum atomic E-state index is 11.9. The molecule has 2 aromatic heterocycles. The number of nitrogens with zero attached hydrogens (tertiary/aromatic N) is 3. The largest absolute Gasteiger partial charge is 0.497 e. The van der Waals surface area contributed by atoms with Crippen molar-refractivity contribution in [2.45, 2.75) is 25.9 Å². The maximum absolute atomic E-state index is 11.9. The monoisotopic (exact) mass is 512 g/mol. The minimum atomic E-state index is -0.355. The highest BCUT2D eigenvalue weighted by molar-refractivity contribution is 7.80. The number of benzene rings is 2. The molecule has 7 nitrogen and oxygen atoms in total. The van der Waals surface area contributed by atoms with E-state index in [9.17, 15) is 4.79 Å².